The molecule has 1 aromatic carbocycles. The highest BCUT2D eigenvalue weighted by Crippen LogP contribution is 2.38. The van der Waals surface area contributed by atoms with Crippen LogP contribution in [-0.4, -0.2) is 32.7 Å². The highest BCUT2D eigenvalue weighted by Gasteiger charge is 2.37. The molecule has 0 radical (unpaired) electrons. The zero-order chi connectivity index (χ0) is 23.8. The predicted molar refractivity (Wildman–Crippen MR) is 123 cm³/mol. The van der Waals surface area contributed by atoms with Crippen molar-refractivity contribution >= 4 is 40.8 Å². The summed E-state index contributed by atoms with van der Waals surface area (Å²) in [4.78, 5) is 32.6. The maximum absolute atomic E-state index is 12.3. The molecule has 172 valence electrons. The number of hydrogen-bond acceptors (Lipinski definition) is 8. The van der Waals surface area contributed by atoms with E-state index >= 15 is 0 Å². The number of amides is 3. The van der Waals surface area contributed by atoms with Crippen LogP contribution in [0.1, 0.15) is 40.4 Å². The molecule has 0 unspecified atom stereocenters. The van der Waals surface area contributed by atoms with Crippen molar-refractivity contribution in [2.75, 3.05) is 21.3 Å². The summed E-state index contributed by atoms with van der Waals surface area (Å²) in [6.07, 6.45) is 1.33. The number of benzene rings is 1. The molecule has 0 spiro atoms. The van der Waals surface area contributed by atoms with E-state index in [2.05, 4.69) is 36.4 Å². The summed E-state index contributed by atoms with van der Waals surface area (Å²) in [6, 6.07) is 8.24. The van der Waals surface area contributed by atoms with E-state index in [4.69, 9.17) is 9.26 Å². The Hall–Kier alpha value is -4.15. The van der Waals surface area contributed by atoms with Gasteiger partial charge in [0.2, 0.25) is 5.75 Å². The first-order chi connectivity index (χ1) is 15.5. The highest BCUT2D eigenvalue weighted by molar-refractivity contribution is 6.00. The molecule has 4 rings (SSSR count). The lowest BCUT2D eigenvalue weighted by molar-refractivity contribution is -0.129. The third-order valence-corrected chi connectivity index (χ3v) is 4.84. The van der Waals surface area contributed by atoms with Gasteiger partial charge < -0.3 is 25.2 Å². The molecule has 33 heavy (non-hydrogen) atoms. The summed E-state index contributed by atoms with van der Waals surface area (Å²) < 4.78 is 11.1. The number of rotatable bonds is 4. The van der Waals surface area contributed by atoms with E-state index in [1.54, 1.807) is 44.2 Å². The van der Waals surface area contributed by atoms with E-state index in [9.17, 15) is 9.59 Å². The predicted octanol–water partition coefficient (Wildman–Crippen LogP) is 4.26. The second-order valence-electron chi connectivity index (χ2n) is 9.07. The fourth-order valence-electron chi connectivity index (χ4n) is 2.95. The minimum atomic E-state index is -1.05. The molecule has 0 bridgehead atoms. The van der Waals surface area contributed by atoms with Crippen molar-refractivity contribution in [3.63, 3.8) is 0 Å². The Morgan fingerprint density at radius 3 is 2.42 bits per heavy atom. The molecule has 4 N–H and O–H groups in total. The van der Waals surface area contributed by atoms with E-state index in [-0.39, 0.29) is 11.3 Å². The van der Waals surface area contributed by atoms with Crippen molar-refractivity contribution in [1.82, 2.24) is 15.1 Å². The lowest BCUT2D eigenvalue weighted by atomic mass is 9.93. The maximum Gasteiger partial charge on any atom is 0.324 e. The molecule has 1 aliphatic heterocycles. The number of urea groups is 1. The zero-order valence-corrected chi connectivity index (χ0v) is 18.9. The fraction of sp³-hybridized carbons (Fsp3) is 0.318. The van der Waals surface area contributed by atoms with E-state index in [1.165, 1.54) is 6.33 Å². The Balaban J connectivity index is 1.40. The summed E-state index contributed by atoms with van der Waals surface area (Å²) in [5.41, 5.74) is 0.0207. The first-order valence-electron chi connectivity index (χ1n) is 10.3. The fourth-order valence-corrected chi connectivity index (χ4v) is 2.95. The van der Waals surface area contributed by atoms with Crippen LogP contribution in [0.25, 0.3) is 0 Å². The Kier molecular flexibility index (Phi) is 5.40. The lowest BCUT2D eigenvalue weighted by Gasteiger charge is -2.31. The SMILES string of the molecule is CC1(C)Oc2c(ncnc2Nc2ccc(NC(=O)Nc3cc(C(C)(C)C)on3)cc2)NC1=O. The van der Waals surface area contributed by atoms with Gasteiger partial charge in [0, 0.05) is 22.9 Å². The van der Waals surface area contributed by atoms with Gasteiger partial charge in [0.25, 0.3) is 5.91 Å². The van der Waals surface area contributed by atoms with Crippen LogP contribution in [0.2, 0.25) is 0 Å². The second-order valence-corrected chi connectivity index (χ2v) is 9.07. The molecule has 0 atom stereocenters. The van der Waals surface area contributed by atoms with Crippen LogP contribution in [-0.2, 0) is 10.2 Å². The summed E-state index contributed by atoms with van der Waals surface area (Å²) in [5.74, 6) is 1.78. The number of nitrogens with one attached hydrogen (secondary N) is 4. The van der Waals surface area contributed by atoms with Crippen LogP contribution in [0.15, 0.2) is 41.2 Å². The van der Waals surface area contributed by atoms with Crippen molar-refractivity contribution < 1.29 is 18.8 Å². The topological polar surface area (TPSA) is 143 Å². The Bertz CT molecular complexity index is 1200. The molecule has 3 amide bonds. The van der Waals surface area contributed by atoms with Gasteiger partial charge in [-0.05, 0) is 38.1 Å². The average molecular weight is 451 g/mol. The quantitative estimate of drug-likeness (QED) is 0.461. The van der Waals surface area contributed by atoms with Gasteiger partial charge in [0.05, 0.1) is 0 Å². The minimum Gasteiger partial charge on any atom is -0.470 e. The average Bonchev–Trinajstić information content (AvgIpc) is 3.20. The lowest BCUT2D eigenvalue weighted by Crippen LogP contribution is -2.46. The number of anilines is 5. The van der Waals surface area contributed by atoms with Crippen molar-refractivity contribution in [2.24, 2.45) is 0 Å². The number of hydrogen-bond donors (Lipinski definition) is 4. The number of carbonyl (C=O) groups excluding carboxylic acids is 2. The summed E-state index contributed by atoms with van der Waals surface area (Å²) in [7, 11) is 0. The van der Waals surface area contributed by atoms with Crippen molar-refractivity contribution in [1.29, 1.82) is 0 Å². The van der Waals surface area contributed by atoms with Crippen LogP contribution >= 0.6 is 0 Å². The van der Waals surface area contributed by atoms with Crippen LogP contribution in [0, 0.1) is 0 Å². The summed E-state index contributed by atoms with van der Waals surface area (Å²) in [6.45, 7) is 9.31. The Morgan fingerprint density at radius 2 is 1.76 bits per heavy atom. The third-order valence-electron chi connectivity index (χ3n) is 4.84. The van der Waals surface area contributed by atoms with Gasteiger partial charge in [0.1, 0.15) is 12.1 Å². The molecular weight excluding hydrogens is 426 g/mol. The number of ether oxygens (including phenoxy) is 1. The van der Waals surface area contributed by atoms with Crippen LogP contribution in [0.3, 0.4) is 0 Å². The van der Waals surface area contributed by atoms with Gasteiger partial charge in [0.15, 0.2) is 23.1 Å². The van der Waals surface area contributed by atoms with Crippen LogP contribution in [0.4, 0.5) is 33.6 Å². The van der Waals surface area contributed by atoms with Gasteiger partial charge in [-0.15, -0.1) is 0 Å². The first kappa shape index (κ1) is 22.1. The van der Waals surface area contributed by atoms with Crippen molar-refractivity contribution in [3.05, 3.63) is 42.4 Å². The molecule has 0 aliphatic carbocycles. The van der Waals surface area contributed by atoms with E-state index < -0.39 is 11.6 Å². The Labute approximate surface area is 190 Å². The van der Waals surface area contributed by atoms with Crippen LogP contribution < -0.4 is 26.0 Å². The maximum atomic E-state index is 12.3. The molecule has 2 aromatic heterocycles. The number of aromatic nitrogens is 3. The molecule has 11 nitrogen and oxygen atoms in total. The molecule has 1 aliphatic rings. The van der Waals surface area contributed by atoms with E-state index in [1.807, 2.05) is 20.8 Å². The van der Waals surface area contributed by atoms with Crippen molar-refractivity contribution in [2.45, 2.75) is 45.6 Å². The Morgan fingerprint density at radius 1 is 1.06 bits per heavy atom. The smallest absolute Gasteiger partial charge is 0.324 e. The van der Waals surface area contributed by atoms with Crippen LogP contribution in [0.5, 0.6) is 5.75 Å². The van der Waals surface area contributed by atoms with Gasteiger partial charge in [-0.1, -0.05) is 25.9 Å². The van der Waals surface area contributed by atoms with Gasteiger partial charge in [-0.3, -0.25) is 10.1 Å². The first-order valence-corrected chi connectivity index (χ1v) is 10.3. The molecule has 0 saturated carbocycles. The normalized spacial score (nSPS) is 14.5. The monoisotopic (exact) mass is 451 g/mol. The summed E-state index contributed by atoms with van der Waals surface area (Å²) in [5, 5.41) is 15.1. The zero-order valence-electron chi connectivity index (χ0n) is 18.9. The molecule has 3 aromatic rings. The number of nitrogens with zero attached hydrogens (tertiary/aromatic N) is 3. The number of fused-ring (bicyclic) bond motifs is 1. The van der Waals surface area contributed by atoms with Gasteiger partial charge in [-0.25, -0.2) is 14.8 Å². The minimum absolute atomic E-state index is 0.207. The van der Waals surface area contributed by atoms with Crippen molar-refractivity contribution in [3.8, 4) is 5.75 Å². The molecule has 0 saturated heterocycles. The number of carbonyl (C=O) groups is 2. The van der Waals surface area contributed by atoms with Gasteiger partial charge >= 0.3 is 6.03 Å². The highest BCUT2D eigenvalue weighted by atomic mass is 16.5. The summed E-state index contributed by atoms with van der Waals surface area (Å²) >= 11 is 0. The standard InChI is InChI=1S/C22H25N7O4/c1-21(2,3)14-10-15(29-33-14)27-20(31)26-13-8-6-12(7-9-13)25-17-16-18(24-11-23-17)28-19(30)22(4,5)32-16/h6-11H,1-5H3,(H2,26,27,29,31)(H2,23,24,25,28,30). The molecule has 3 heterocycles. The van der Waals surface area contributed by atoms with E-state index in [0.29, 0.717) is 40.3 Å². The largest absolute Gasteiger partial charge is 0.470 e. The second kappa shape index (κ2) is 8.08. The molecule has 0 fully saturated rings. The third kappa shape index (κ3) is 4.86. The molecule has 11 heteroatoms. The van der Waals surface area contributed by atoms with Gasteiger partial charge in [-0.2, -0.15) is 0 Å². The van der Waals surface area contributed by atoms with E-state index in [0.717, 1.165) is 0 Å². The molecular formula is C22H25N7O4.